The van der Waals surface area contributed by atoms with Crippen LogP contribution in [0.15, 0.2) is 80.4 Å². The van der Waals surface area contributed by atoms with Crippen molar-refractivity contribution in [2.24, 2.45) is 5.10 Å². The van der Waals surface area contributed by atoms with Gasteiger partial charge in [0.05, 0.1) is 24.9 Å². The highest BCUT2D eigenvalue weighted by Gasteiger charge is 2.15. The molecule has 3 aromatic carbocycles. The Morgan fingerprint density at radius 1 is 0.971 bits per heavy atom. The molecule has 35 heavy (non-hydrogen) atoms. The fraction of sp³-hybridized carbons (Fsp3) is 0.0800. The Balaban J connectivity index is 1.89. The minimum atomic E-state index is -0.672. The van der Waals surface area contributed by atoms with Crippen molar-refractivity contribution >= 4 is 56.0 Å². The fourth-order valence-corrected chi connectivity index (χ4v) is 4.21. The number of rotatable bonds is 8. The number of ether oxygens (including phenoxy) is 2. The van der Waals surface area contributed by atoms with Crippen molar-refractivity contribution in [3.8, 4) is 17.2 Å². The van der Waals surface area contributed by atoms with E-state index in [2.05, 4.69) is 47.7 Å². The van der Waals surface area contributed by atoms with Gasteiger partial charge in [0.25, 0.3) is 11.8 Å². The van der Waals surface area contributed by atoms with Gasteiger partial charge in [0, 0.05) is 15.6 Å². The molecule has 3 aromatic rings. The van der Waals surface area contributed by atoms with Crippen molar-refractivity contribution < 1.29 is 24.2 Å². The van der Waals surface area contributed by atoms with Crippen LogP contribution in [0, 0.1) is 0 Å². The molecule has 10 heteroatoms. The second-order valence-corrected chi connectivity index (χ2v) is 8.79. The minimum absolute atomic E-state index is 0.0373. The van der Waals surface area contributed by atoms with Gasteiger partial charge in [-0.3, -0.25) is 9.59 Å². The van der Waals surface area contributed by atoms with Gasteiger partial charge in [0.15, 0.2) is 11.5 Å². The maximum atomic E-state index is 13.0. The number of methoxy groups -OCH3 is 2. The van der Waals surface area contributed by atoms with Gasteiger partial charge in [-0.2, -0.15) is 5.10 Å². The summed E-state index contributed by atoms with van der Waals surface area (Å²) in [6.07, 6.45) is 2.77. The summed E-state index contributed by atoms with van der Waals surface area (Å²) < 4.78 is 11.7. The quantitative estimate of drug-likeness (QED) is 0.194. The molecule has 0 saturated heterocycles. The summed E-state index contributed by atoms with van der Waals surface area (Å²) in [6, 6.07) is 16.9. The van der Waals surface area contributed by atoms with E-state index in [1.54, 1.807) is 60.7 Å². The molecule has 0 atom stereocenters. The summed E-state index contributed by atoms with van der Waals surface area (Å²) in [5, 5.41) is 16.7. The lowest BCUT2D eigenvalue weighted by molar-refractivity contribution is -0.117. The van der Waals surface area contributed by atoms with Gasteiger partial charge >= 0.3 is 0 Å². The first-order chi connectivity index (χ1) is 16.8. The van der Waals surface area contributed by atoms with Crippen LogP contribution in [-0.2, 0) is 4.79 Å². The molecule has 8 nitrogen and oxygen atoms in total. The van der Waals surface area contributed by atoms with Crippen LogP contribution in [0.4, 0.5) is 0 Å². The van der Waals surface area contributed by atoms with Crippen molar-refractivity contribution in [2.75, 3.05) is 14.2 Å². The Kier molecular flexibility index (Phi) is 9.04. The third-order valence-corrected chi connectivity index (χ3v) is 5.74. The van der Waals surface area contributed by atoms with Crippen molar-refractivity contribution in [2.45, 2.75) is 0 Å². The van der Waals surface area contributed by atoms with Crippen LogP contribution in [0.5, 0.6) is 17.2 Å². The van der Waals surface area contributed by atoms with E-state index in [4.69, 9.17) is 9.47 Å². The van der Waals surface area contributed by atoms with Crippen LogP contribution in [0.2, 0.25) is 0 Å². The highest BCUT2D eigenvalue weighted by Crippen LogP contribution is 2.31. The number of carbonyl (C=O) groups is 2. The fourth-order valence-electron chi connectivity index (χ4n) is 2.96. The number of carbonyl (C=O) groups excluding carboxylic acids is 2. The first kappa shape index (κ1) is 26.0. The normalized spacial score (nSPS) is 11.3. The number of hydrazone groups is 1. The van der Waals surface area contributed by atoms with Gasteiger partial charge in [-0.05, 0) is 64.0 Å². The van der Waals surface area contributed by atoms with E-state index in [1.165, 1.54) is 26.5 Å². The summed E-state index contributed by atoms with van der Waals surface area (Å²) in [6.45, 7) is 0. The van der Waals surface area contributed by atoms with Crippen molar-refractivity contribution in [1.82, 2.24) is 10.7 Å². The highest BCUT2D eigenvalue weighted by atomic mass is 79.9. The van der Waals surface area contributed by atoms with Gasteiger partial charge in [-0.25, -0.2) is 5.43 Å². The topological polar surface area (TPSA) is 109 Å². The van der Waals surface area contributed by atoms with Crippen molar-refractivity contribution in [3.05, 3.63) is 92.0 Å². The van der Waals surface area contributed by atoms with Crippen LogP contribution < -0.4 is 20.2 Å². The Morgan fingerprint density at radius 3 is 2.37 bits per heavy atom. The lowest BCUT2D eigenvalue weighted by atomic mass is 10.1. The smallest absolute Gasteiger partial charge is 0.287 e. The molecule has 2 amide bonds. The standard InChI is InChI=1S/C25H21Br2N3O5/c1-34-21-9-8-15(11-22(21)35-2)10-20(29-24(32)16-6-4-3-5-7-16)25(33)30-28-14-17-12-18(26)13-19(27)23(17)31/h3-14,31H,1-2H3,(H,29,32)(H,30,33). The van der Waals surface area contributed by atoms with E-state index >= 15 is 0 Å². The molecule has 180 valence electrons. The Hall–Kier alpha value is -3.63. The van der Waals surface area contributed by atoms with Gasteiger partial charge < -0.3 is 19.9 Å². The molecular weight excluding hydrogens is 582 g/mol. The number of hydrogen-bond acceptors (Lipinski definition) is 6. The third kappa shape index (κ3) is 6.93. The lowest BCUT2D eigenvalue weighted by Gasteiger charge is -2.11. The van der Waals surface area contributed by atoms with Gasteiger partial charge in [-0.1, -0.05) is 40.2 Å². The molecule has 0 heterocycles. The lowest BCUT2D eigenvalue weighted by Crippen LogP contribution is -2.32. The SMILES string of the molecule is COc1ccc(C=C(NC(=O)c2ccccc2)C(=O)NN=Cc2cc(Br)cc(Br)c2O)cc1OC. The molecule has 0 aliphatic carbocycles. The number of hydrogen-bond donors (Lipinski definition) is 3. The van der Waals surface area contributed by atoms with E-state index in [9.17, 15) is 14.7 Å². The average Bonchev–Trinajstić information content (AvgIpc) is 2.86. The van der Waals surface area contributed by atoms with Crippen LogP contribution in [0.1, 0.15) is 21.5 Å². The summed E-state index contributed by atoms with van der Waals surface area (Å²) in [7, 11) is 3.02. The third-order valence-electron chi connectivity index (χ3n) is 4.67. The average molecular weight is 603 g/mol. The monoisotopic (exact) mass is 601 g/mol. The zero-order chi connectivity index (χ0) is 25.4. The van der Waals surface area contributed by atoms with Gasteiger partial charge in [0.1, 0.15) is 11.4 Å². The largest absolute Gasteiger partial charge is 0.506 e. The molecule has 0 fully saturated rings. The zero-order valence-electron chi connectivity index (χ0n) is 18.7. The molecule has 0 unspecified atom stereocenters. The number of phenolic OH excluding ortho intramolecular Hbond substituents is 1. The Morgan fingerprint density at radius 2 is 1.69 bits per heavy atom. The predicted molar refractivity (Wildman–Crippen MR) is 141 cm³/mol. The summed E-state index contributed by atoms with van der Waals surface area (Å²) in [5.41, 5.74) is 3.65. The predicted octanol–water partition coefficient (Wildman–Crippen LogP) is 4.86. The van der Waals surface area contributed by atoms with Crippen molar-refractivity contribution in [1.29, 1.82) is 0 Å². The Bertz CT molecular complexity index is 1290. The number of aromatic hydroxyl groups is 1. The zero-order valence-corrected chi connectivity index (χ0v) is 21.9. The Labute approximate surface area is 218 Å². The number of phenols is 1. The van der Waals surface area contributed by atoms with Crippen molar-refractivity contribution in [3.63, 3.8) is 0 Å². The summed E-state index contributed by atoms with van der Waals surface area (Å²) >= 11 is 6.58. The molecule has 0 aliphatic rings. The molecule has 0 aliphatic heterocycles. The first-order valence-corrected chi connectivity index (χ1v) is 11.7. The van der Waals surface area contributed by atoms with Crippen LogP contribution in [0.3, 0.4) is 0 Å². The highest BCUT2D eigenvalue weighted by molar-refractivity contribution is 9.11. The van der Waals surface area contributed by atoms with E-state index in [-0.39, 0.29) is 11.4 Å². The van der Waals surface area contributed by atoms with E-state index < -0.39 is 11.8 Å². The second-order valence-electron chi connectivity index (χ2n) is 7.02. The molecule has 0 bridgehead atoms. The van der Waals surface area contributed by atoms with Gasteiger partial charge in [0.2, 0.25) is 0 Å². The molecule has 3 rings (SSSR count). The van der Waals surface area contributed by atoms with Gasteiger partial charge in [-0.15, -0.1) is 0 Å². The van der Waals surface area contributed by atoms with E-state index in [0.717, 1.165) is 0 Å². The van der Waals surface area contributed by atoms with E-state index in [1.807, 2.05) is 0 Å². The van der Waals surface area contributed by atoms with Crippen LogP contribution in [-0.4, -0.2) is 37.4 Å². The second kappa shape index (κ2) is 12.2. The number of nitrogens with zero attached hydrogens (tertiary/aromatic N) is 1. The summed E-state index contributed by atoms with van der Waals surface area (Å²) in [4.78, 5) is 25.7. The molecule has 0 aromatic heterocycles. The summed E-state index contributed by atoms with van der Waals surface area (Å²) in [5.74, 6) is -0.193. The maximum Gasteiger partial charge on any atom is 0.287 e. The molecule has 3 N–H and O–H groups in total. The number of halogens is 2. The molecule has 0 radical (unpaired) electrons. The first-order valence-electron chi connectivity index (χ1n) is 10.1. The minimum Gasteiger partial charge on any atom is -0.506 e. The van der Waals surface area contributed by atoms with Crippen LogP contribution in [0.25, 0.3) is 6.08 Å². The number of nitrogens with one attached hydrogen (secondary N) is 2. The maximum absolute atomic E-state index is 13.0. The van der Waals surface area contributed by atoms with E-state index in [0.29, 0.717) is 37.1 Å². The molecular formula is C25H21Br2N3O5. The molecule has 0 spiro atoms. The molecule has 0 saturated carbocycles. The number of amides is 2. The van der Waals surface area contributed by atoms with Crippen LogP contribution >= 0.6 is 31.9 Å². The number of benzene rings is 3.